The van der Waals surface area contributed by atoms with Crippen molar-refractivity contribution in [1.29, 1.82) is 0 Å². The maximum Gasteiger partial charge on any atom is 0.314 e. The van der Waals surface area contributed by atoms with Gasteiger partial charge in [0, 0.05) is 17.7 Å². The second-order valence-corrected chi connectivity index (χ2v) is 6.07. The fourth-order valence-electron chi connectivity index (χ4n) is 2.74. The number of hydrogen-bond acceptors (Lipinski definition) is 8. The normalized spacial score (nSPS) is 11.9. The molecule has 1 aliphatic carbocycles. The summed E-state index contributed by atoms with van der Waals surface area (Å²) in [7, 11) is 0. The van der Waals surface area contributed by atoms with Crippen molar-refractivity contribution in [2.75, 3.05) is 26.3 Å². The van der Waals surface area contributed by atoms with E-state index in [4.69, 9.17) is 14.3 Å². The molecule has 2 aromatic rings. The molecule has 0 saturated carbocycles. The van der Waals surface area contributed by atoms with Crippen molar-refractivity contribution in [1.82, 2.24) is 5.32 Å². The average molecular weight is 395 g/mol. The molecule has 1 aromatic heterocycles. The van der Waals surface area contributed by atoms with Crippen molar-refractivity contribution < 1.29 is 33.4 Å². The molecule has 0 atom stereocenters. The second kappa shape index (κ2) is 9.10. The van der Waals surface area contributed by atoms with Gasteiger partial charge in [-0.25, -0.2) is 0 Å². The third-order valence-electron chi connectivity index (χ3n) is 4.11. The van der Waals surface area contributed by atoms with Crippen LogP contribution < -0.4 is 5.32 Å². The molecular formula is C21H17NO7. The molecule has 1 aliphatic rings. The molecule has 1 aromatic carbocycles. The van der Waals surface area contributed by atoms with Crippen molar-refractivity contribution >= 4 is 23.3 Å². The molecule has 0 aliphatic heterocycles. The number of carbonyl (C=O) groups excluding carboxylic acids is 4. The zero-order valence-corrected chi connectivity index (χ0v) is 15.3. The van der Waals surface area contributed by atoms with Gasteiger partial charge in [-0.1, -0.05) is 36.1 Å². The van der Waals surface area contributed by atoms with E-state index in [1.807, 2.05) is 0 Å². The van der Waals surface area contributed by atoms with Crippen molar-refractivity contribution in [3.8, 4) is 11.8 Å². The Hall–Kier alpha value is -3.54. The first-order valence-corrected chi connectivity index (χ1v) is 8.81. The Morgan fingerprint density at radius 3 is 2.52 bits per heavy atom. The molecule has 0 fully saturated rings. The number of benzene rings is 1. The highest BCUT2D eigenvalue weighted by atomic mass is 16.5. The summed E-state index contributed by atoms with van der Waals surface area (Å²) in [5, 5.41) is 11.4. The lowest BCUT2D eigenvalue weighted by molar-refractivity contribution is -0.141. The molecule has 8 nitrogen and oxygen atoms in total. The molecule has 3 rings (SSSR count). The molecular weight excluding hydrogens is 378 g/mol. The summed E-state index contributed by atoms with van der Waals surface area (Å²) >= 11 is 0. The predicted octanol–water partition coefficient (Wildman–Crippen LogP) is 0.756. The van der Waals surface area contributed by atoms with Crippen LogP contribution in [0, 0.1) is 11.8 Å². The standard InChI is InChI=1S/C21H17NO7/c23-9-8-22-7-3-4-10-28-18(25)12-16(24)17-11-15-19(26)13-5-1-2-6-14(13)20(27)21(15)29-17/h1-2,5-6,11,22-23H,7-10,12H2. The van der Waals surface area contributed by atoms with Crippen LogP contribution in [0.25, 0.3) is 0 Å². The van der Waals surface area contributed by atoms with Crippen LogP contribution in [0.3, 0.4) is 0 Å². The first-order chi connectivity index (χ1) is 14.0. The Bertz CT molecular complexity index is 986. The predicted molar refractivity (Wildman–Crippen MR) is 99.7 cm³/mol. The van der Waals surface area contributed by atoms with Gasteiger partial charge in [0.15, 0.2) is 23.9 Å². The molecule has 0 amide bonds. The maximum atomic E-state index is 12.5. The van der Waals surface area contributed by atoms with Gasteiger partial charge in [-0.15, -0.1) is 0 Å². The lowest BCUT2D eigenvalue weighted by atomic mass is 9.88. The average Bonchev–Trinajstić information content (AvgIpc) is 3.17. The lowest BCUT2D eigenvalue weighted by Gasteiger charge is -2.11. The van der Waals surface area contributed by atoms with Crippen LogP contribution in [-0.2, 0) is 9.53 Å². The fourth-order valence-corrected chi connectivity index (χ4v) is 2.74. The van der Waals surface area contributed by atoms with Gasteiger partial charge in [0.1, 0.15) is 6.42 Å². The Labute approximate surface area is 165 Å². The Kier molecular flexibility index (Phi) is 6.34. The molecule has 0 unspecified atom stereocenters. The molecule has 8 heteroatoms. The molecule has 2 N–H and O–H groups in total. The summed E-state index contributed by atoms with van der Waals surface area (Å²) in [6.45, 7) is 0.553. The Balaban J connectivity index is 1.61. The number of ether oxygens (including phenoxy) is 1. The van der Waals surface area contributed by atoms with Gasteiger partial charge in [0.05, 0.1) is 18.7 Å². The summed E-state index contributed by atoms with van der Waals surface area (Å²) in [5.74, 6) is 2.42. The number of esters is 1. The van der Waals surface area contributed by atoms with Crippen molar-refractivity contribution in [2.24, 2.45) is 0 Å². The molecule has 0 saturated heterocycles. The fraction of sp³-hybridized carbons (Fsp3) is 0.238. The van der Waals surface area contributed by atoms with E-state index in [1.54, 1.807) is 12.1 Å². The van der Waals surface area contributed by atoms with Crippen molar-refractivity contribution in [3.05, 3.63) is 58.5 Å². The van der Waals surface area contributed by atoms with Gasteiger partial charge in [-0.05, 0) is 6.07 Å². The van der Waals surface area contributed by atoms with Crippen molar-refractivity contribution in [2.45, 2.75) is 6.42 Å². The van der Waals surface area contributed by atoms with Crippen LogP contribution in [-0.4, -0.2) is 54.7 Å². The van der Waals surface area contributed by atoms with E-state index in [1.165, 1.54) is 18.2 Å². The van der Waals surface area contributed by atoms with E-state index in [-0.39, 0.29) is 41.4 Å². The van der Waals surface area contributed by atoms with Gasteiger partial charge in [-0.2, -0.15) is 0 Å². The topological polar surface area (TPSA) is 123 Å². The van der Waals surface area contributed by atoms with E-state index in [2.05, 4.69) is 17.2 Å². The monoisotopic (exact) mass is 395 g/mol. The Morgan fingerprint density at radius 2 is 1.79 bits per heavy atom. The number of nitrogens with one attached hydrogen (secondary N) is 1. The highest BCUT2D eigenvalue weighted by Gasteiger charge is 2.34. The third kappa shape index (κ3) is 4.48. The molecule has 0 radical (unpaired) electrons. The number of fused-ring (bicyclic) bond motifs is 2. The van der Waals surface area contributed by atoms with Crippen molar-refractivity contribution in [3.63, 3.8) is 0 Å². The Morgan fingerprint density at radius 1 is 1.07 bits per heavy atom. The molecule has 1 heterocycles. The summed E-state index contributed by atoms with van der Waals surface area (Å²) in [6, 6.07) is 7.51. The molecule has 29 heavy (non-hydrogen) atoms. The minimum atomic E-state index is -0.803. The quantitative estimate of drug-likeness (QED) is 0.198. The number of rotatable bonds is 7. The van der Waals surface area contributed by atoms with Crippen LogP contribution in [0.2, 0.25) is 0 Å². The lowest BCUT2D eigenvalue weighted by Crippen LogP contribution is -2.18. The van der Waals surface area contributed by atoms with E-state index in [0.29, 0.717) is 13.1 Å². The summed E-state index contributed by atoms with van der Waals surface area (Å²) in [6.07, 6.45) is -0.605. The van der Waals surface area contributed by atoms with Gasteiger partial charge in [0.2, 0.25) is 11.6 Å². The first-order valence-electron chi connectivity index (χ1n) is 8.81. The summed E-state index contributed by atoms with van der Waals surface area (Å²) in [5.41, 5.74) is 0.465. The third-order valence-corrected chi connectivity index (χ3v) is 4.11. The summed E-state index contributed by atoms with van der Waals surface area (Å²) < 4.78 is 10.2. The van der Waals surface area contributed by atoms with Gasteiger partial charge in [-0.3, -0.25) is 19.2 Å². The minimum absolute atomic E-state index is 0.00172. The van der Waals surface area contributed by atoms with Crippen LogP contribution in [0.5, 0.6) is 0 Å². The minimum Gasteiger partial charge on any atom is -0.452 e. The van der Waals surface area contributed by atoms with Crippen LogP contribution in [0.1, 0.15) is 49.0 Å². The largest absolute Gasteiger partial charge is 0.452 e. The van der Waals surface area contributed by atoms with E-state index >= 15 is 0 Å². The second-order valence-electron chi connectivity index (χ2n) is 6.07. The molecule has 0 spiro atoms. The van der Waals surface area contributed by atoms with E-state index in [0.717, 1.165) is 0 Å². The van der Waals surface area contributed by atoms with Gasteiger partial charge >= 0.3 is 5.97 Å². The number of aliphatic hydroxyl groups excluding tert-OH is 1. The zero-order valence-electron chi connectivity index (χ0n) is 15.3. The summed E-state index contributed by atoms with van der Waals surface area (Å²) in [4.78, 5) is 49.1. The van der Waals surface area contributed by atoms with E-state index < -0.39 is 29.7 Å². The van der Waals surface area contributed by atoms with Gasteiger partial charge < -0.3 is 19.6 Å². The van der Waals surface area contributed by atoms with Crippen LogP contribution >= 0.6 is 0 Å². The SMILES string of the molecule is O=C(CC(=O)c1cc2c(o1)C(=O)c1ccccc1C2=O)OCC#CCNCCO. The highest BCUT2D eigenvalue weighted by Crippen LogP contribution is 2.29. The smallest absolute Gasteiger partial charge is 0.314 e. The first kappa shape index (κ1) is 20.2. The number of furan rings is 1. The van der Waals surface area contributed by atoms with Gasteiger partial charge in [0.25, 0.3) is 0 Å². The number of ketones is 3. The maximum absolute atomic E-state index is 12.5. The highest BCUT2D eigenvalue weighted by molar-refractivity contribution is 6.28. The zero-order chi connectivity index (χ0) is 20.8. The number of hydrogen-bond donors (Lipinski definition) is 2. The number of carbonyl (C=O) groups is 4. The molecule has 148 valence electrons. The van der Waals surface area contributed by atoms with Crippen LogP contribution in [0.15, 0.2) is 34.7 Å². The molecule has 0 bridgehead atoms. The van der Waals surface area contributed by atoms with E-state index in [9.17, 15) is 19.2 Å². The van der Waals surface area contributed by atoms with Crippen LogP contribution in [0.4, 0.5) is 0 Å². The number of Topliss-reactive ketones (excluding diaryl/α,β-unsaturated/α-hetero) is 1. The number of aliphatic hydroxyl groups is 1.